The van der Waals surface area contributed by atoms with E-state index in [1.807, 2.05) is 30.3 Å². The predicted octanol–water partition coefficient (Wildman–Crippen LogP) is 3.20. The lowest BCUT2D eigenvalue weighted by atomic mass is 10.1. The molecule has 27 heavy (non-hydrogen) atoms. The number of rotatable bonds is 8. The van der Waals surface area contributed by atoms with Crippen LogP contribution in [0.15, 0.2) is 36.5 Å². The molecular formula is C21H26N2O4. The zero-order chi connectivity index (χ0) is 19.1. The van der Waals surface area contributed by atoms with Crippen LogP contribution in [-0.4, -0.2) is 56.1 Å². The molecule has 0 amide bonds. The number of ether oxygens (including phenoxy) is 3. The van der Waals surface area contributed by atoms with Crippen molar-refractivity contribution in [1.29, 1.82) is 0 Å². The number of benzene rings is 1. The number of nitrogens with zero attached hydrogens (tertiary/aromatic N) is 2. The lowest BCUT2D eigenvalue weighted by Gasteiger charge is -2.31. The molecule has 0 bridgehead atoms. The highest BCUT2D eigenvalue weighted by Crippen LogP contribution is 2.31. The van der Waals surface area contributed by atoms with Crippen LogP contribution in [-0.2, 0) is 4.79 Å². The Kier molecular flexibility index (Phi) is 6.65. The molecule has 1 fully saturated rings. The Morgan fingerprint density at radius 3 is 2.48 bits per heavy atom. The van der Waals surface area contributed by atoms with Crippen LogP contribution in [0.4, 0.5) is 0 Å². The first-order valence-electron chi connectivity index (χ1n) is 9.24. The minimum Gasteiger partial charge on any atom is -0.491 e. The second-order valence-electron chi connectivity index (χ2n) is 6.57. The van der Waals surface area contributed by atoms with E-state index in [9.17, 15) is 4.79 Å². The maximum atomic E-state index is 10.5. The number of hydrogen-bond donors (Lipinski definition) is 0. The fourth-order valence-corrected chi connectivity index (χ4v) is 3.29. The summed E-state index contributed by atoms with van der Waals surface area (Å²) < 4.78 is 16.6. The van der Waals surface area contributed by atoms with Crippen molar-refractivity contribution in [2.24, 2.45) is 0 Å². The number of piperidine rings is 1. The summed E-state index contributed by atoms with van der Waals surface area (Å²) in [5.74, 6) is 1.95. The van der Waals surface area contributed by atoms with Gasteiger partial charge in [-0.1, -0.05) is 12.1 Å². The highest BCUT2D eigenvalue weighted by molar-refractivity contribution is 5.65. The van der Waals surface area contributed by atoms with E-state index in [0.717, 1.165) is 55.6 Å². The van der Waals surface area contributed by atoms with Crippen molar-refractivity contribution in [3.63, 3.8) is 0 Å². The number of aromatic nitrogens is 1. The molecule has 0 saturated carbocycles. The van der Waals surface area contributed by atoms with Gasteiger partial charge in [0.05, 0.1) is 14.2 Å². The maximum absolute atomic E-state index is 10.5. The summed E-state index contributed by atoms with van der Waals surface area (Å²) in [6.45, 7) is 2.81. The molecule has 1 aromatic carbocycles. The third-order valence-corrected chi connectivity index (χ3v) is 4.82. The van der Waals surface area contributed by atoms with E-state index in [1.165, 1.54) is 0 Å². The third-order valence-electron chi connectivity index (χ3n) is 4.82. The normalized spacial score (nSPS) is 15.3. The van der Waals surface area contributed by atoms with E-state index >= 15 is 0 Å². The van der Waals surface area contributed by atoms with Crippen LogP contribution >= 0.6 is 0 Å². The van der Waals surface area contributed by atoms with Gasteiger partial charge in [-0.2, -0.15) is 0 Å². The average molecular weight is 370 g/mol. The second kappa shape index (κ2) is 9.37. The van der Waals surface area contributed by atoms with Gasteiger partial charge in [-0.15, -0.1) is 0 Å². The molecule has 0 unspecified atom stereocenters. The molecule has 0 atom stereocenters. The van der Waals surface area contributed by atoms with Crippen LogP contribution in [0.25, 0.3) is 11.1 Å². The minimum absolute atomic E-state index is 0.228. The summed E-state index contributed by atoms with van der Waals surface area (Å²) in [7, 11) is 3.17. The number of aldehydes is 1. The van der Waals surface area contributed by atoms with Gasteiger partial charge in [0.25, 0.3) is 5.88 Å². The summed E-state index contributed by atoms with van der Waals surface area (Å²) in [6.07, 6.45) is 5.56. The quantitative estimate of drug-likeness (QED) is 0.665. The van der Waals surface area contributed by atoms with E-state index < -0.39 is 0 Å². The van der Waals surface area contributed by atoms with Crippen LogP contribution in [0.5, 0.6) is 17.4 Å². The van der Waals surface area contributed by atoms with E-state index in [-0.39, 0.29) is 6.10 Å². The van der Waals surface area contributed by atoms with Crippen molar-refractivity contribution in [1.82, 2.24) is 9.88 Å². The Hall–Kier alpha value is -2.60. The van der Waals surface area contributed by atoms with Crippen LogP contribution < -0.4 is 14.2 Å². The van der Waals surface area contributed by atoms with E-state index in [2.05, 4.69) is 9.88 Å². The molecule has 144 valence electrons. The molecule has 0 spiro atoms. The fourth-order valence-electron chi connectivity index (χ4n) is 3.29. The number of carbonyl (C=O) groups is 1. The van der Waals surface area contributed by atoms with Crippen LogP contribution in [0, 0.1) is 0 Å². The van der Waals surface area contributed by atoms with Gasteiger partial charge < -0.3 is 23.9 Å². The zero-order valence-electron chi connectivity index (χ0n) is 15.9. The summed E-state index contributed by atoms with van der Waals surface area (Å²) in [5.41, 5.74) is 2.00. The van der Waals surface area contributed by atoms with Gasteiger partial charge in [0.2, 0.25) is 0 Å². The smallest absolute Gasteiger partial charge is 0.256 e. The minimum atomic E-state index is 0.228. The number of carbonyl (C=O) groups excluding carboxylic acids is 1. The summed E-state index contributed by atoms with van der Waals surface area (Å²) in [4.78, 5) is 17.1. The Labute approximate surface area is 160 Å². The molecule has 6 heteroatoms. The molecule has 0 aliphatic carbocycles. The molecule has 1 saturated heterocycles. The van der Waals surface area contributed by atoms with Gasteiger partial charge >= 0.3 is 0 Å². The number of pyridine rings is 1. The Bertz CT molecular complexity index is 740. The average Bonchev–Trinajstić information content (AvgIpc) is 2.73. The fraction of sp³-hybridized carbons (Fsp3) is 0.429. The molecule has 1 aromatic heterocycles. The number of likely N-dealkylation sites (tertiary alicyclic amines) is 1. The predicted molar refractivity (Wildman–Crippen MR) is 104 cm³/mol. The highest BCUT2D eigenvalue weighted by atomic mass is 16.5. The van der Waals surface area contributed by atoms with Crippen LogP contribution in [0.2, 0.25) is 0 Å². The standard InChI is InChI=1S/C21H26N2O4/c1-25-20-14-17(15-22-21(20)26-2)16-4-6-18(7-5-16)27-19-8-11-23(12-9-19)10-3-13-24/h4-7,13-15,19H,3,8-12H2,1-2H3. The summed E-state index contributed by atoms with van der Waals surface area (Å²) in [6, 6.07) is 9.95. The molecule has 6 nitrogen and oxygen atoms in total. The molecule has 0 radical (unpaired) electrons. The van der Waals surface area contributed by atoms with E-state index in [1.54, 1.807) is 20.4 Å². The highest BCUT2D eigenvalue weighted by Gasteiger charge is 2.20. The molecule has 1 aliphatic rings. The van der Waals surface area contributed by atoms with Crippen molar-refractivity contribution < 1.29 is 19.0 Å². The van der Waals surface area contributed by atoms with Crippen molar-refractivity contribution in [3.05, 3.63) is 36.5 Å². The SMILES string of the molecule is COc1cc(-c2ccc(OC3CCN(CCC=O)CC3)cc2)cnc1OC. The molecular weight excluding hydrogens is 344 g/mol. The van der Waals surface area contributed by atoms with Crippen LogP contribution in [0.3, 0.4) is 0 Å². The van der Waals surface area contributed by atoms with Gasteiger partial charge in [0.1, 0.15) is 18.1 Å². The molecule has 3 rings (SSSR count). The Morgan fingerprint density at radius 2 is 1.85 bits per heavy atom. The molecule has 1 aliphatic heterocycles. The van der Waals surface area contributed by atoms with Gasteiger partial charge in [0, 0.05) is 37.8 Å². The van der Waals surface area contributed by atoms with E-state index in [0.29, 0.717) is 18.1 Å². The van der Waals surface area contributed by atoms with Gasteiger partial charge in [0.15, 0.2) is 5.75 Å². The number of hydrogen-bond acceptors (Lipinski definition) is 6. The summed E-state index contributed by atoms with van der Waals surface area (Å²) >= 11 is 0. The van der Waals surface area contributed by atoms with Gasteiger partial charge in [-0.3, -0.25) is 0 Å². The van der Waals surface area contributed by atoms with Crippen molar-refractivity contribution >= 4 is 6.29 Å². The van der Waals surface area contributed by atoms with E-state index in [4.69, 9.17) is 14.2 Å². The van der Waals surface area contributed by atoms with Gasteiger partial charge in [-0.05, 0) is 36.6 Å². The molecule has 2 heterocycles. The van der Waals surface area contributed by atoms with Crippen LogP contribution in [0.1, 0.15) is 19.3 Å². The lowest BCUT2D eigenvalue weighted by Crippen LogP contribution is -2.38. The first-order valence-corrected chi connectivity index (χ1v) is 9.24. The molecule has 0 N–H and O–H groups in total. The molecule has 2 aromatic rings. The van der Waals surface area contributed by atoms with Crippen molar-refractivity contribution in [2.45, 2.75) is 25.4 Å². The Morgan fingerprint density at radius 1 is 1.11 bits per heavy atom. The van der Waals surface area contributed by atoms with Gasteiger partial charge in [-0.25, -0.2) is 4.98 Å². The Balaban J connectivity index is 1.59. The monoisotopic (exact) mass is 370 g/mol. The first-order chi connectivity index (χ1) is 13.2. The third kappa shape index (κ3) is 4.98. The number of methoxy groups -OCH3 is 2. The zero-order valence-corrected chi connectivity index (χ0v) is 15.9. The topological polar surface area (TPSA) is 60.9 Å². The maximum Gasteiger partial charge on any atom is 0.256 e. The summed E-state index contributed by atoms with van der Waals surface area (Å²) in [5, 5.41) is 0. The first kappa shape index (κ1) is 19.2. The lowest BCUT2D eigenvalue weighted by molar-refractivity contribution is -0.108. The second-order valence-corrected chi connectivity index (χ2v) is 6.57. The largest absolute Gasteiger partial charge is 0.491 e. The van der Waals surface area contributed by atoms with Crippen molar-refractivity contribution in [3.8, 4) is 28.5 Å². The van der Waals surface area contributed by atoms with Crippen molar-refractivity contribution in [2.75, 3.05) is 33.9 Å².